The van der Waals surface area contributed by atoms with E-state index in [0.29, 0.717) is 6.07 Å². The summed E-state index contributed by atoms with van der Waals surface area (Å²) in [6.45, 7) is -0.622. The van der Waals surface area contributed by atoms with Crippen LogP contribution in [-0.2, 0) is 4.79 Å². The summed E-state index contributed by atoms with van der Waals surface area (Å²) in [4.78, 5) is 31.6. The number of amides is 1. The number of aliphatic hydroxyl groups excluding tert-OH is 1. The van der Waals surface area contributed by atoms with Crippen LogP contribution in [-0.4, -0.2) is 39.7 Å². The SMILES string of the molecule is O=C(NC[C@H](O)C(=O)O)c1ccc(F)cc1[N+](=O)[O-]. The lowest BCUT2D eigenvalue weighted by Crippen LogP contribution is -2.36. The van der Waals surface area contributed by atoms with E-state index in [1.54, 1.807) is 0 Å². The Hall–Kier alpha value is -2.55. The second kappa shape index (κ2) is 5.87. The molecule has 1 aromatic rings. The van der Waals surface area contributed by atoms with Gasteiger partial charge in [-0.2, -0.15) is 0 Å². The molecule has 0 saturated carbocycles. The van der Waals surface area contributed by atoms with E-state index < -0.39 is 46.5 Å². The second-order valence-electron chi connectivity index (χ2n) is 3.48. The maximum absolute atomic E-state index is 12.8. The molecule has 19 heavy (non-hydrogen) atoms. The molecule has 0 heterocycles. The van der Waals surface area contributed by atoms with Crippen molar-refractivity contribution in [1.29, 1.82) is 0 Å². The Morgan fingerprint density at radius 2 is 2.11 bits per heavy atom. The summed E-state index contributed by atoms with van der Waals surface area (Å²) < 4.78 is 12.8. The lowest BCUT2D eigenvalue weighted by molar-refractivity contribution is -0.385. The molecule has 8 nitrogen and oxygen atoms in total. The van der Waals surface area contributed by atoms with E-state index in [2.05, 4.69) is 0 Å². The predicted octanol–water partition coefficient (Wildman–Crippen LogP) is -0.0908. The van der Waals surface area contributed by atoms with Crippen LogP contribution in [0, 0.1) is 15.9 Å². The molecule has 0 aromatic heterocycles. The van der Waals surface area contributed by atoms with Gasteiger partial charge in [0.25, 0.3) is 11.6 Å². The van der Waals surface area contributed by atoms with Crippen LogP contribution >= 0.6 is 0 Å². The molecule has 9 heteroatoms. The van der Waals surface area contributed by atoms with Gasteiger partial charge in [0.15, 0.2) is 6.10 Å². The monoisotopic (exact) mass is 272 g/mol. The number of benzene rings is 1. The lowest BCUT2D eigenvalue weighted by atomic mass is 10.1. The second-order valence-corrected chi connectivity index (χ2v) is 3.48. The molecule has 0 radical (unpaired) electrons. The zero-order chi connectivity index (χ0) is 14.6. The van der Waals surface area contributed by atoms with E-state index in [-0.39, 0.29) is 0 Å². The zero-order valence-corrected chi connectivity index (χ0v) is 9.37. The summed E-state index contributed by atoms with van der Waals surface area (Å²) >= 11 is 0. The molecule has 0 spiro atoms. The maximum Gasteiger partial charge on any atom is 0.334 e. The Bertz CT molecular complexity index is 533. The van der Waals surface area contributed by atoms with Gasteiger partial charge in [-0.1, -0.05) is 0 Å². The topological polar surface area (TPSA) is 130 Å². The van der Waals surface area contributed by atoms with Gasteiger partial charge in [-0.25, -0.2) is 9.18 Å². The zero-order valence-electron chi connectivity index (χ0n) is 9.37. The Morgan fingerprint density at radius 1 is 1.47 bits per heavy atom. The minimum absolute atomic E-state index is 0.427. The minimum Gasteiger partial charge on any atom is -0.479 e. The van der Waals surface area contributed by atoms with Crippen molar-refractivity contribution in [2.45, 2.75) is 6.10 Å². The van der Waals surface area contributed by atoms with Crippen LogP contribution in [0.15, 0.2) is 18.2 Å². The van der Waals surface area contributed by atoms with Crippen molar-refractivity contribution in [3.8, 4) is 0 Å². The van der Waals surface area contributed by atoms with Crippen molar-refractivity contribution in [3.05, 3.63) is 39.7 Å². The van der Waals surface area contributed by atoms with Crippen LogP contribution < -0.4 is 5.32 Å². The highest BCUT2D eigenvalue weighted by Crippen LogP contribution is 2.19. The van der Waals surface area contributed by atoms with Gasteiger partial charge in [-0.15, -0.1) is 0 Å². The molecule has 1 atom stereocenters. The highest BCUT2D eigenvalue weighted by atomic mass is 19.1. The summed E-state index contributed by atoms with van der Waals surface area (Å²) in [5.41, 5.74) is -1.17. The normalized spacial score (nSPS) is 11.7. The Morgan fingerprint density at radius 3 is 2.63 bits per heavy atom. The molecular weight excluding hydrogens is 263 g/mol. The summed E-state index contributed by atoms with van der Waals surface area (Å²) in [7, 11) is 0. The fourth-order valence-corrected chi connectivity index (χ4v) is 1.22. The molecule has 3 N–H and O–H groups in total. The number of nitrogens with zero attached hydrogens (tertiary/aromatic N) is 1. The third kappa shape index (κ3) is 3.71. The number of nitrogens with one attached hydrogen (secondary N) is 1. The smallest absolute Gasteiger partial charge is 0.334 e. The molecule has 0 aliphatic heterocycles. The van der Waals surface area contributed by atoms with E-state index >= 15 is 0 Å². The van der Waals surface area contributed by atoms with E-state index in [9.17, 15) is 24.1 Å². The minimum atomic E-state index is -1.83. The van der Waals surface area contributed by atoms with Gasteiger partial charge in [0, 0.05) is 0 Å². The number of carboxylic acid groups (broad SMARTS) is 1. The molecule has 0 aliphatic rings. The molecule has 0 unspecified atom stereocenters. The molecule has 102 valence electrons. The summed E-state index contributed by atoms with van der Waals surface area (Å²) in [5, 5.41) is 30.0. The van der Waals surface area contributed by atoms with Crippen molar-refractivity contribution in [2.24, 2.45) is 0 Å². The predicted molar refractivity (Wildman–Crippen MR) is 59.0 cm³/mol. The van der Waals surface area contributed by atoms with Crippen LogP contribution in [0.5, 0.6) is 0 Å². The summed E-state index contributed by atoms with van der Waals surface area (Å²) in [6.07, 6.45) is -1.83. The third-order valence-corrected chi connectivity index (χ3v) is 2.14. The van der Waals surface area contributed by atoms with Gasteiger partial charge >= 0.3 is 5.97 Å². The number of nitro benzene ring substituents is 1. The molecule has 1 amide bonds. The molecule has 0 bridgehead atoms. The van der Waals surface area contributed by atoms with Gasteiger partial charge < -0.3 is 15.5 Å². The molecule has 1 rings (SSSR count). The first-order valence-electron chi connectivity index (χ1n) is 4.96. The van der Waals surface area contributed by atoms with Crippen LogP contribution in [0.3, 0.4) is 0 Å². The van der Waals surface area contributed by atoms with Crippen molar-refractivity contribution in [1.82, 2.24) is 5.32 Å². The average Bonchev–Trinajstić information content (AvgIpc) is 2.35. The first-order valence-corrected chi connectivity index (χ1v) is 4.96. The first kappa shape index (κ1) is 14.5. The van der Waals surface area contributed by atoms with E-state index in [4.69, 9.17) is 10.2 Å². The van der Waals surface area contributed by atoms with E-state index in [0.717, 1.165) is 12.1 Å². The Labute approximate surface area is 105 Å². The fraction of sp³-hybridized carbons (Fsp3) is 0.200. The standard InChI is InChI=1S/C10H9FN2O6/c11-5-1-2-6(7(3-5)13(18)19)9(15)12-4-8(14)10(16)17/h1-3,8,14H,4H2,(H,12,15)(H,16,17)/t8-/m0/s1. The van der Waals surface area contributed by atoms with Gasteiger partial charge in [-0.05, 0) is 12.1 Å². The van der Waals surface area contributed by atoms with Crippen LogP contribution in [0.25, 0.3) is 0 Å². The number of nitro groups is 1. The highest BCUT2D eigenvalue weighted by Gasteiger charge is 2.22. The molecule has 0 saturated heterocycles. The number of carbonyl (C=O) groups is 2. The number of rotatable bonds is 5. The van der Waals surface area contributed by atoms with Crippen molar-refractivity contribution in [2.75, 3.05) is 6.54 Å². The number of halogens is 1. The first-order chi connectivity index (χ1) is 8.82. The van der Waals surface area contributed by atoms with Crippen molar-refractivity contribution in [3.63, 3.8) is 0 Å². The molecule has 0 fully saturated rings. The number of hydrogen-bond acceptors (Lipinski definition) is 5. The quantitative estimate of drug-likeness (QED) is 0.507. The third-order valence-electron chi connectivity index (χ3n) is 2.14. The average molecular weight is 272 g/mol. The Balaban J connectivity index is 2.88. The van der Waals surface area contributed by atoms with Crippen LogP contribution in [0.4, 0.5) is 10.1 Å². The number of aliphatic carboxylic acids is 1. The van der Waals surface area contributed by atoms with E-state index in [1.165, 1.54) is 0 Å². The number of carbonyl (C=O) groups excluding carboxylic acids is 1. The van der Waals surface area contributed by atoms with Crippen LogP contribution in [0.2, 0.25) is 0 Å². The Kier molecular flexibility index (Phi) is 4.48. The van der Waals surface area contributed by atoms with Crippen LogP contribution in [0.1, 0.15) is 10.4 Å². The van der Waals surface area contributed by atoms with Crippen molar-refractivity contribution >= 4 is 17.6 Å². The fourth-order valence-electron chi connectivity index (χ4n) is 1.22. The van der Waals surface area contributed by atoms with Gasteiger partial charge in [-0.3, -0.25) is 14.9 Å². The maximum atomic E-state index is 12.8. The molecule has 0 aliphatic carbocycles. The highest BCUT2D eigenvalue weighted by molar-refractivity contribution is 5.98. The summed E-state index contributed by atoms with van der Waals surface area (Å²) in [5.74, 6) is -3.41. The number of carboxylic acids is 1. The van der Waals surface area contributed by atoms with E-state index in [1.807, 2.05) is 5.32 Å². The van der Waals surface area contributed by atoms with Gasteiger partial charge in [0.05, 0.1) is 17.5 Å². The number of hydrogen-bond donors (Lipinski definition) is 3. The largest absolute Gasteiger partial charge is 0.479 e. The van der Waals surface area contributed by atoms with Gasteiger partial charge in [0.1, 0.15) is 11.4 Å². The molecule has 1 aromatic carbocycles. The van der Waals surface area contributed by atoms with Gasteiger partial charge in [0.2, 0.25) is 0 Å². The summed E-state index contributed by atoms with van der Waals surface area (Å²) in [6, 6.07) is 2.33. The van der Waals surface area contributed by atoms with Crippen molar-refractivity contribution < 1.29 is 29.1 Å². The number of aliphatic hydroxyl groups is 1. The molecular formula is C10H9FN2O6. The lowest BCUT2D eigenvalue weighted by Gasteiger charge is -2.08.